The summed E-state index contributed by atoms with van der Waals surface area (Å²) < 4.78 is 0. The number of anilines is 3. The molecule has 48 heavy (non-hydrogen) atoms. The third-order valence-corrected chi connectivity index (χ3v) is 11.8. The Hall–Kier alpha value is -4.88. The van der Waals surface area contributed by atoms with Crippen LogP contribution in [0.5, 0.6) is 0 Å². The first-order valence-electron chi connectivity index (χ1n) is 17.8. The van der Waals surface area contributed by atoms with E-state index in [-0.39, 0.29) is 10.8 Å². The maximum Gasteiger partial charge on any atom is 0.0465 e. The Morgan fingerprint density at radius 3 is 1.88 bits per heavy atom. The van der Waals surface area contributed by atoms with E-state index in [1.54, 1.807) is 0 Å². The molecule has 1 fully saturated rings. The van der Waals surface area contributed by atoms with Crippen molar-refractivity contribution in [3.05, 3.63) is 161 Å². The largest absolute Gasteiger partial charge is 0.310 e. The average molecular weight is 622 g/mol. The Bertz CT molecular complexity index is 2180. The Labute approximate surface area is 285 Å². The van der Waals surface area contributed by atoms with Gasteiger partial charge in [0.2, 0.25) is 0 Å². The highest BCUT2D eigenvalue weighted by Gasteiger charge is 2.39. The second-order valence-electron chi connectivity index (χ2n) is 15.3. The van der Waals surface area contributed by atoms with Gasteiger partial charge in [0.25, 0.3) is 0 Å². The van der Waals surface area contributed by atoms with Gasteiger partial charge >= 0.3 is 0 Å². The predicted molar refractivity (Wildman–Crippen MR) is 203 cm³/mol. The molecule has 1 nitrogen and oxygen atoms in total. The molecular formula is C47H43N. The van der Waals surface area contributed by atoms with Crippen LogP contribution in [0.4, 0.5) is 17.1 Å². The number of benzene rings is 6. The first-order valence-corrected chi connectivity index (χ1v) is 17.8. The predicted octanol–water partition coefficient (Wildman–Crippen LogP) is 13.1. The van der Waals surface area contributed by atoms with E-state index < -0.39 is 0 Å². The second-order valence-corrected chi connectivity index (χ2v) is 15.3. The van der Waals surface area contributed by atoms with Crippen molar-refractivity contribution >= 4 is 17.1 Å². The Kier molecular flexibility index (Phi) is 6.60. The minimum atomic E-state index is -0.109. The van der Waals surface area contributed by atoms with E-state index in [2.05, 4.69) is 166 Å². The van der Waals surface area contributed by atoms with Gasteiger partial charge < -0.3 is 4.90 Å². The molecule has 0 atom stereocenters. The lowest BCUT2D eigenvalue weighted by Crippen LogP contribution is -2.17. The normalized spacial score (nSPS) is 16.7. The van der Waals surface area contributed by atoms with Crippen LogP contribution < -0.4 is 4.90 Å². The molecule has 0 heterocycles. The molecule has 0 aromatic heterocycles. The zero-order chi connectivity index (χ0) is 32.6. The van der Waals surface area contributed by atoms with Gasteiger partial charge in [-0.1, -0.05) is 132 Å². The van der Waals surface area contributed by atoms with Crippen LogP contribution in [0.1, 0.15) is 87.1 Å². The number of fused-ring (bicyclic) bond motifs is 6. The number of hydrogen-bond acceptors (Lipinski definition) is 1. The third-order valence-electron chi connectivity index (χ3n) is 11.8. The lowest BCUT2D eigenvalue weighted by molar-refractivity contribution is 0.659. The van der Waals surface area contributed by atoms with E-state index in [0.29, 0.717) is 5.92 Å². The van der Waals surface area contributed by atoms with E-state index in [1.807, 2.05) is 0 Å². The highest BCUT2D eigenvalue weighted by molar-refractivity contribution is 5.92. The Morgan fingerprint density at radius 2 is 1.08 bits per heavy atom. The lowest BCUT2D eigenvalue weighted by atomic mass is 9.78. The quantitative estimate of drug-likeness (QED) is 0.185. The first kappa shape index (κ1) is 29.3. The molecule has 0 N–H and O–H groups in total. The van der Waals surface area contributed by atoms with Crippen molar-refractivity contribution in [1.29, 1.82) is 0 Å². The summed E-state index contributed by atoms with van der Waals surface area (Å²) in [6.45, 7) is 9.55. The van der Waals surface area contributed by atoms with E-state index in [9.17, 15) is 0 Å². The van der Waals surface area contributed by atoms with Crippen molar-refractivity contribution in [2.45, 2.75) is 70.1 Å². The summed E-state index contributed by atoms with van der Waals surface area (Å²) in [5, 5.41) is 0. The van der Waals surface area contributed by atoms with Gasteiger partial charge in [-0.25, -0.2) is 0 Å². The molecular weight excluding hydrogens is 579 g/mol. The van der Waals surface area contributed by atoms with Crippen LogP contribution in [0.2, 0.25) is 0 Å². The fraction of sp³-hybridized carbons (Fsp3) is 0.234. The second kappa shape index (κ2) is 10.8. The molecule has 0 bridgehead atoms. The van der Waals surface area contributed by atoms with Crippen molar-refractivity contribution in [3.8, 4) is 33.4 Å². The van der Waals surface area contributed by atoms with E-state index in [1.165, 1.54) is 104 Å². The van der Waals surface area contributed by atoms with Gasteiger partial charge in [0, 0.05) is 27.9 Å². The van der Waals surface area contributed by atoms with Gasteiger partial charge in [0.15, 0.2) is 0 Å². The molecule has 6 aromatic rings. The molecule has 0 spiro atoms. The van der Waals surface area contributed by atoms with Crippen LogP contribution >= 0.6 is 0 Å². The number of hydrogen-bond donors (Lipinski definition) is 0. The smallest absolute Gasteiger partial charge is 0.0465 e. The van der Waals surface area contributed by atoms with Crippen molar-refractivity contribution < 1.29 is 0 Å². The van der Waals surface area contributed by atoms with Crippen LogP contribution in [-0.4, -0.2) is 0 Å². The van der Waals surface area contributed by atoms with E-state index in [4.69, 9.17) is 0 Å². The summed E-state index contributed by atoms with van der Waals surface area (Å²) in [5.74, 6) is 0.715. The van der Waals surface area contributed by atoms with Crippen LogP contribution in [0, 0.1) is 0 Å². The molecule has 3 aliphatic rings. The van der Waals surface area contributed by atoms with Crippen LogP contribution in [0.25, 0.3) is 33.4 Å². The Balaban J connectivity index is 1.14. The molecule has 0 saturated heterocycles. The summed E-state index contributed by atoms with van der Waals surface area (Å²) in [6.07, 6.45) is 5.36. The number of para-hydroxylation sites is 1. The summed E-state index contributed by atoms with van der Waals surface area (Å²) in [6, 6.07) is 50.4. The first-order chi connectivity index (χ1) is 23.3. The standard InChI is InChI=1S/C47H43N/c1-46(2)43-28-23-33(37-18-12-19-40-38-17-10-11-20-42(38)47(3,4)45(37)40)29-41(43)39-27-26-36(30-44(39)46)48(34-15-6-5-7-16-34)35-24-21-32(22-25-35)31-13-8-9-14-31/h5-7,10-12,15-31H,8-9,13-14H2,1-4H3. The average Bonchev–Trinajstić information content (AvgIpc) is 3.80. The molecule has 3 aliphatic carbocycles. The zero-order valence-corrected chi connectivity index (χ0v) is 28.6. The number of rotatable bonds is 5. The highest BCUT2D eigenvalue weighted by atomic mass is 15.1. The summed E-state index contributed by atoms with van der Waals surface area (Å²) in [7, 11) is 0. The molecule has 6 aromatic carbocycles. The molecule has 1 saturated carbocycles. The topological polar surface area (TPSA) is 3.24 Å². The lowest BCUT2D eigenvalue weighted by Gasteiger charge is -2.28. The van der Waals surface area contributed by atoms with E-state index in [0.717, 1.165) is 0 Å². The minimum Gasteiger partial charge on any atom is -0.310 e. The molecule has 0 aliphatic heterocycles. The summed E-state index contributed by atoms with van der Waals surface area (Å²) in [5.41, 5.74) is 18.7. The SMILES string of the molecule is CC1(C)c2ccc(-c3cccc4c3C(C)(C)c3ccccc3-4)cc2-c2ccc(N(c3ccccc3)c3ccc(C4CCCC4)cc3)cc21. The molecule has 0 amide bonds. The molecule has 9 rings (SSSR count). The van der Waals surface area contributed by atoms with Gasteiger partial charge in [-0.3, -0.25) is 0 Å². The zero-order valence-electron chi connectivity index (χ0n) is 28.6. The van der Waals surface area contributed by atoms with Crippen molar-refractivity contribution in [3.63, 3.8) is 0 Å². The summed E-state index contributed by atoms with van der Waals surface area (Å²) in [4.78, 5) is 2.43. The monoisotopic (exact) mass is 621 g/mol. The van der Waals surface area contributed by atoms with Gasteiger partial charge in [-0.15, -0.1) is 0 Å². The van der Waals surface area contributed by atoms with Gasteiger partial charge in [-0.05, 0) is 122 Å². The number of nitrogens with zero attached hydrogens (tertiary/aromatic N) is 1. The molecule has 0 unspecified atom stereocenters. The van der Waals surface area contributed by atoms with Gasteiger partial charge in [0.1, 0.15) is 0 Å². The van der Waals surface area contributed by atoms with Crippen molar-refractivity contribution in [2.75, 3.05) is 4.90 Å². The fourth-order valence-electron chi connectivity index (χ4n) is 9.32. The van der Waals surface area contributed by atoms with Gasteiger partial charge in [-0.2, -0.15) is 0 Å². The van der Waals surface area contributed by atoms with Crippen molar-refractivity contribution in [2.24, 2.45) is 0 Å². The third kappa shape index (κ3) is 4.37. The minimum absolute atomic E-state index is 0.0518. The van der Waals surface area contributed by atoms with E-state index >= 15 is 0 Å². The van der Waals surface area contributed by atoms with Crippen LogP contribution in [0.15, 0.2) is 133 Å². The molecule has 0 radical (unpaired) electrons. The van der Waals surface area contributed by atoms with Crippen LogP contribution in [0.3, 0.4) is 0 Å². The maximum absolute atomic E-state index is 2.47. The van der Waals surface area contributed by atoms with Crippen LogP contribution in [-0.2, 0) is 10.8 Å². The van der Waals surface area contributed by atoms with Crippen molar-refractivity contribution in [1.82, 2.24) is 0 Å². The Morgan fingerprint density at radius 1 is 0.458 bits per heavy atom. The molecule has 1 heteroatoms. The summed E-state index contributed by atoms with van der Waals surface area (Å²) >= 11 is 0. The maximum atomic E-state index is 2.47. The molecule has 236 valence electrons. The van der Waals surface area contributed by atoms with Gasteiger partial charge in [0.05, 0.1) is 0 Å². The highest BCUT2D eigenvalue weighted by Crippen LogP contribution is 2.55. The fourth-order valence-corrected chi connectivity index (χ4v) is 9.32.